The number of rotatable bonds is 6. The van der Waals surface area contributed by atoms with E-state index in [4.69, 9.17) is 0 Å². The van der Waals surface area contributed by atoms with Crippen LogP contribution in [0.1, 0.15) is 24.9 Å². The van der Waals surface area contributed by atoms with Crippen molar-refractivity contribution in [1.82, 2.24) is 5.32 Å². The highest BCUT2D eigenvalue weighted by molar-refractivity contribution is 9.10. The average Bonchev–Trinajstić information content (AvgIpc) is 2.25. The molecule has 0 unspecified atom stereocenters. The summed E-state index contributed by atoms with van der Waals surface area (Å²) in [5.41, 5.74) is 1.35. The number of hydrogen-bond donors (Lipinski definition) is 1. The minimum Gasteiger partial charge on any atom is -0.310 e. The molecule has 1 rings (SSSR count). The van der Waals surface area contributed by atoms with Crippen molar-refractivity contribution in [2.75, 3.05) is 18.6 Å². The van der Waals surface area contributed by atoms with Gasteiger partial charge in [0, 0.05) is 10.5 Å². The van der Waals surface area contributed by atoms with E-state index in [1.807, 2.05) is 11.8 Å². The topological polar surface area (TPSA) is 12.0 Å². The van der Waals surface area contributed by atoms with Gasteiger partial charge in [-0.05, 0) is 49.6 Å². The molecule has 1 aromatic rings. The number of nitrogens with one attached hydrogen (secondary N) is 1. The van der Waals surface area contributed by atoms with E-state index < -0.39 is 0 Å². The monoisotopic (exact) mass is 287 g/mol. The standard InChI is InChI=1S/C12H18BrNS/c1-10(14-8-3-9-15-2)11-4-6-12(13)7-5-11/h4-7,10,14H,3,8-9H2,1-2H3/t10-/m0/s1. The van der Waals surface area contributed by atoms with E-state index in [-0.39, 0.29) is 0 Å². The maximum atomic E-state index is 3.52. The Morgan fingerprint density at radius 1 is 1.33 bits per heavy atom. The second-order valence-corrected chi connectivity index (χ2v) is 5.47. The van der Waals surface area contributed by atoms with Crippen molar-refractivity contribution in [1.29, 1.82) is 0 Å². The van der Waals surface area contributed by atoms with Crippen LogP contribution < -0.4 is 5.32 Å². The van der Waals surface area contributed by atoms with Gasteiger partial charge in [0.05, 0.1) is 0 Å². The Kier molecular flexibility index (Phi) is 6.37. The minimum absolute atomic E-state index is 0.444. The maximum absolute atomic E-state index is 3.52. The molecule has 3 heteroatoms. The first kappa shape index (κ1) is 13.1. The van der Waals surface area contributed by atoms with E-state index in [9.17, 15) is 0 Å². The van der Waals surface area contributed by atoms with Crippen LogP contribution in [0.4, 0.5) is 0 Å². The molecule has 1 nitrogen and oxygen atoms in total. The predicted molar refractivity (Wildman–Crippen MR) is 73.6 cm³/mol. The van der Waals surface area contributed by atoms with Gasteiger partial charge >= 0.3 is 0 Å². The Labute approximate surface area is 105 Å². The van der Waals surface area contributed by atoms with E-state index in [0.717, 1.165) is 11.0 Å². The van der Waals surface area contributed by atoms with Gasteiger partial charge < -0.3 is 5.32 Å². The molecule has 84 valence electrons. The Hall–Kier alpha value is 0.01000. The van der Waals surface area contributed by atoms with Crippen LogP contribution in [0.5, 0.6) is 0 Å². The summed E-state index contributed by atoms with van der Waals surface area (Å²) in [7, 11) is 0. The summed E-state index contributed by atoms with van der Waals surface area (Å²) in [4.78, 5) is 0. The molecule has 0 saturated heterocycles. The number of halogens is 1. The summed E-state index contributed by atoms with van der Waals surface area (Å²) >= 11 is 5.35. The van der Waals surface area contributed by atoms with Gasteiger partial charge in [-0.2, -0.15) is 11.8 Å². The molecule has 0 amide bonds. The summed E-state index contributed by atoms with van der Waals surface area (Å²) in [5.74, 6) is 1.24. The highest BCUT2D eigenvalue weighted by Gasteiger charge is 2.03. The lowest BCUT2D eigenvalue weighted by Crippen LogP contribution is -2.20. The van der Waals surface area contributed by atoms with Crippen LogP contribution in [0.2, 0.25) is 0 Å². The van der Waals surface area contributed by atoms with Crippen LogP contribution in [-0.4, -0.2) is 18.6 Å². The Morgan fingerprint density at radius 3 is 2.60 bits per heavy atom. The molecule has 0 radical (unpaired) electrons. The summed E-state index contributed by atoms with van der Waals surface area (Å²) in [5, 5.41) is 3.52. The zero-order chi connectivity index (χ0) is 11.1. The first-order valence-electron chi connectivity index (χ1n) is 5.22. The van der Waals surface area contributed by atoms with Crippen molar-refractivity contribution in [3.05, 3.63) is 34.3 Å². The summed E-state index contributed by atoms with van der Waals surface area (Å²) < 4.78 is 1.14. The summed E-state index contributed by atoms with van der Waals surface area (Å²) in [6, 6.07) is 8.96. The highest BCUT2D eigenvalue weighted by atomic mass is 79.9. The van der Waals surface area contributed by atoms with Crippen LogP contribution in [0.3, 0.4) is 0 Å². The lowest BCUT2D eigenvalue weighted by molar-refractivity contribution is 0.572. The first-order chi connectivity index (χ1) is 7.24. The molecule has 0 spiro atoms. The lowest BCUT2D eigenvalue weighted by atomic mass is 10.1. The fourth-order valence-corrected chi connectivity index (χ4v) is 2.10. The fraction of sp³-hybridized carbons (Fsp3) is 0.500. The van der Waals surface area contributed by atoms with Crippen LogP contribution >= 0.6 is 27.7 Å². The lowest BCUT2D eigenvalue weighted by Gasteiger charge is -2.13. The number of thioether (sulfide) groups is 1. The van der Waals surface area contributed by atoms with Crippen LogP contribution in [0.25, 0.3) is 0 Å². The first-order valence-corrected chi connectivity index (χ1v) is 7.40. The van der Waals surface area contributed by atoms with E-state index in [0.29, 0.717) is 6.04 Å². The molecular formula is C12H18BrNS. The van der Waals surface area contributed by atoms with Crippen LogP contribution in [0, 0.1) is 0 Å². The molecule has 1 aromatic carbocycles. The van der Waals surface area contributed by atoms with Gasteiger partial charge in [-0.1, -0.05) is 28.1 Å². The molecule has 0 aromatic heterocycles. The molecule has 0 aliphatic heterocycles. The third-order valence-corrected chi connectivity index (χ3v) is 3.57. The van der Waals surface area contributed by atoms with E-state index in [1.54, 1.807) is 0 Å². The Morgan fingerprint density at radius 2 is 2.00 bits per heavy atom. The smallest absolute Gasteiger partial charge is 0.0291 e. The van der Waals surface area contributed by atoms with Gasteiger partial charge in [0.1, 0.15) is 0 Å². The molecule has 1 N–H and O–H groups in total. The number of hydrogen-bond acceptors (Lipinski definition) is 2. The molecule has 15 heavy (non-hydrogen) atoms. The van der Waals surface area contributed by atoms with Gasteiger partial charge in [-0.15, -0.1) is 0 Å². The fourth-order valence-electron chi connectivity index (χ4n) is 1.40. The number of benzene rings is 1. The van der Waals surface area contributed by atoms with E-state index in [2.05, 4.69) is 58.7 Å². The van der Waals surface area contributed by atoms with Crippen molar-refractivity contribution >= 4 is 27.7 Å². The van der Waals surface area contributed by atoms with Gasteiger partial charge in [0.15, 0.2) is 0 Å². The second-order valence-electron chi connectivity index (χ2n) is 3.57. The highest BCUT2D eigenvalue weighted by Crippen LogP contribution is 2.16. The Balaban J connectivity index is 2.33. The third kappa shape index (κ3) is 5.05. The minimum atomic E-state index is 0.444. The molecular weight excluding hydrogens is 270 g/mol. The SMILES string of the molecule is CSCCCN[C@@H](C)c1ccc(Br)cc1. The zero-order valence-electron chi connectivity index (χ0n) is 9.29. The molecule has 0 saturated carbocycles. The van der Waals surface area contributed by atoms with Crippen molar-refractivity contribution < 1.29 is 0 Å². The summed E-state index contributed by atoms with van der Waals surface area (Å²) in [6.45, 7) is 3.31. The van der Waals surface area contributed by atoms with E-state index >= 15 is 0 Å². The van der Waals surface area contributed by atoms with E-state index in [1.165, 1.54) is 17.7 Å². The van der Waals surface area contributed by atoms with Gasteiger partial charge in [0.25, 0.3) is 0 Å². The van der Waals surface area contributed by atoms with Crippen molar-refractivity contribution in [3.63, 3.8) is 0 Å². The molecule has 0 heterocycles. The normalized spacial score (nSPS) is 12.7. The predicted octanol–water partition coefficient (Wildman–Crippen LogP) is 3.85. The van der Waals surface area contributed by atoms with Gasteiger partial charge in [0.2, 0.25) is 0 Å². The average molecular weight is 288 g/mol. The van der Waals surface area contributed by atoms with Crippen LogP contribution in [0.15, 0.2) is 28.7 Å². The molecule has 1 atom stereocenters. The largest absolute Gasteiger partial charge is 0.310 e. The third-order valence-electron chi connectivity index (χ3n) is 2.35. The molecule has 0 aliphatic carbocycles. The molecule has 0 fully saturated rings. The van der Waals surface area contributed by atoms with Gasteiger partial charge in [-0.3, -0.25) is 0 Å². The quantitative estimate of drug-likeness (QED) is 0.798. The molecule has 0 bridgehead atoms. The van der Waals surface area contributed by atoms with Crippen molar-refractivity contribution in [2.45, 2.75) is 19.4 Å². The van der Waals surface area contributed by atoms with Crippen molar-refractivity contribution in [3.8, 4) is 0 Å². The Bertz CT molecular complexity index is 273. The zero-order valence-corrected chi connectivity index (χ0v) is 11.7. The molecule has 0 aliphatic rings. The van der Waals surface area contributed by atoms with Crippen LogP contribution in [-0.2, 0) is 0 Å². The second kappa shape index (κ2) is 7.31. The van der Waals surface area contributed by atoms with Crippen molar-refractivity contribution in [2.24, 2.45) is 0 Å². The van der Waals surface area contributed by atoms with Gasteiger partial charge in [-0.25, -0.2) is 0 Å². The summed E-state index contributed by atoms with van der Waals surface area (Å²) in [6.07, 6.45) is 3.39. The maximum Gasteiger partial charge on any atom is 0.0291 e.